The number of hydrogen-bond donors (Lipinski definition) is 5. The number of ether oxygens (including phenoxy) is 8. The second-order valence-electron chi connectivity index (χ2n) is 11.9. The van der Waals surface area contributed by atoms with Crippen LogP contribution in [0.5, 0.6) is 0 Å². The highest BCUT2D eigenvalue weighted by Crippen LogP contribution is 2.37. The molecule has 3 fully saturated rings. The number of hydrogen-bond acceptors (Lipinski definition) is 14. The zero-order valence-electron chi connectivity index (χ0n) is 27.2. The van der Waals surface area contributed by atoms with E-state index in [1.54, 1.807) is 0 Å². The minimum atomic E-state index is -1.71. The normalized spacial score (nSPS) is 33.3. The van der Waals surface area contributed by atoms with Crippen molar-refractivity contribution in [2.75, 3.05) is 33.5 Å². The van der Waals surface area contributed by atoms with Gasteiger partial charge in [-0.1, -0.05) is 68.7 Å². The molecule has 0 bridgehead atoms. The van der Waals surface area contributed by atoms with Crippen molar-refractivity contribution >= 4 is 12.1 Å². The number of aliphatic hydroxyl groups excluding tert-OH is 4. The van der Waals surface area contributed by atoms with Crippen LogP contribution in [0.3, 0.4) is 0 Å². The van der Waals surface area contributed by atoms with Crippen molar-refractivity contribution in [3.05, 3.63) is 48.6 Å². The fraction of sp³-hybridized carbons (Fsp3) is 0.697. The van der Waals surface area contributed by atoms with Crippen molar-refractivity contribution in [2.45, 2.75) is 113 Å². The summed E-state index contributed by atoms with van der Waals surface area (Å²) in [6.45, 7) is 3.17. The van der Waals surface area contributed by atoms with Crippen LogP contribution in [0.2, 0.25) is 0 Å². The van der Waals surface area contributed by atoms with Crippen LogP contribution in [0.4, 0.5) is 4.79 Å². The molecule has 4 rings (SSSR count). The smallest absolute Gasteiger partial charge is 0.407 e. The molecule has 0 spiro atoms. The van der Waals surface area contributed by atoms with Crippen LogP contribution in [0.1, 0.15) is 56.8 Å². The molecule has 3 aliphatic heterocycles. The van der Waals surface area contributed by atoms with Crippen molar-refractivity contribution in [1.82, 2.24) is 5.32 Å². The van der Waals surface area contributed by atoms with E-state index in [1.807, 2.05) is 30.3 Å². The van der Waals surface area contributed by atoms with Crippen LogP contribution < -0.4 is 5.32 Å². The summed E-state index contributed by atoms with van der Waals surface area (Å²) in [5.74, 6) is -0.215. The van der Waals surface area contributed by atoms with E-state index in [0.29, 0.717) is 12.8 Å². The molecule has 270 valence electrons. The topological polar surface area (TPSA) is 201 Å². The molecule has 1 aromatic rings. The Kier molecular flexibility index (Phi) is 15.5. The number of benzene rings is 1. The van der Waals surface area contributed by atoms with E-state index in [4.69, 9.17) is 33.2 Å². The Balaban J connectivity index is 1.50. The van der Waals surface area contributed by atoms with Gasteiger partial charge in [0.2, 0.25) is 0 Å². The molecule has 0 saturated carbocycles. The van der Waals surface area contributed by atoms with Crippen LogP contribution in [-0.2, 0) is 42.7 Å². The van der Waals surface area contributed by atoms with Gasteiger partial charge in [0.1, 0.15) is 55.4 Å². The number of esters is 1. The zero-order chi connectivity index (χ0) is 34.5. The van der Waals surface area contributed by atoms with Gasteiger partial charge in [-0.15, -0.1) is 0 Å². The second-order valence-corrected chi connectivity index (χ2v) is 11.9. The number of carbonyl (C=O) groups is 2. The molecule has 15 heteroatoms. The minimum absolute atomic E-state index is 0.0673. The summed E-state index contributed by atoms with van der Waals surface area (Å²) >= 11 is 0. The summed E-state index contributed by atoms with van der Waals surface area (Å²) in [5, 5.41) is 44.1. The van der Waals surface area contributed by atoms with Gasteiger partial charge in [0.15, 0.2) is 18.9 Å². The number of amides is 1. The number of alkyl carbamates (subject to hydrolysis) is 1. The van der Waals surface area contributed by atoms with E-state index in [9.17, 15) is 30.0 Å². The number of rotatable bonds is 17. The summed E-state index contributed by atoms with van der Waals surface area (Å²) in [6.07, 6.45) is -6.40. The van der Waals surface area contributed by atoms with E-state index in [-0.39, 0.29) is 25.8 Å². The van der Waals surface area contributed by atoms with Gasteiger partial charge in [-0.3, -0.25) is 4.79 Å². The Morgan fingerprint density at radius 3 is 2.40 bits per heavy atom. The molecule has 0 radical (unpaired) electrons. The summed E-state index contributed by atoms with van der Waals surface area (Å²) in [6, 6.07) is 8.10. The van der Waals surface area contributed by atoms with Gasteiger partial charge in [-0.25, -0.2) is 4.79 Å². The first-order chi connectivity index (χ1) is 23.3. The van der Waals surface area contributed by atoms with E-state index < -0.39 is 80.3 Å². The van der Waals surface area contributed by atoms with Crippen molar-refractivity contribution in [2.24, 2.45) is 0 Å². The quantitative estimate of drug-likeness (QED) is 0.0891. The Labute approximate surface area is 280 Å². The highest BCUT2D eigenvalue weighted by Gasteiger charge is 2.54. The average Bonchev–Trinajstić information content (AvgIpc) is 3.11. The molecule has 15 nitrogen and oxygen atoms in total. The third-order valence-electron chi connectivity index (χ3n) is 8.45. The van der Waals surface area contributed by atoms with Crippen LogP contribution in [0.25, 0.3) is 0 Å². The van der Waals surface area contributed by atoms with Crippen molar-refractivity contribution in [3.63, 3.8) is 0 Å². The molecule has 7 unspecified atom stereocenters. The fourth-order valence-electron chi connectivity index (χ4n) is 5.84. The number of aliphatic hydroxyl groups is 4. The molecule has 3 aliphatic rings. The number of fused-ring (bicyclic) bond motifs is 1. The van der Waals surface area contributed by atoms with Gasteiger partial charge < -0.3 is 63.6 Å². The van der Waals surface area contributed by atoms with Gasteiger partial charge in [0, 0.05) is 18.6 Å². The molecule has 1 amide bonds. The molecule has 1 aromatic carbocycles. The number of methoxy groups -OCH3 is 1. The number of unbranched alkanes of at least 4 members (excludes halogenated alkanes) is 5. The Hall–Kier alpha value is -2.70. The molecular formula is C33H49NO14. The van der Waals surface area contributed by atoms with Gasteiger partial charge >= 0.3 is 12.1 Å². The van der Waals surface area contributed by atoms with Crippen LogP contribution in [-0.4, -0.2) is 127 Å². The van der Waals surface area contributed by atoms with Crippen LogP contribution >= 0.6 is 0 Å². The minimum Gasteiger partial charge on any atom is -0.469 e. The maximum Gasteiger partial charge on any atom is 0.407 e. The molecule has 0 aromatic heterocycles. The first kappa shape index (κ1) is 38.1. The lowest BCUT2D eigenvalue weighted by molar-refractivity contribution is -0.378. The maximum atomic E-state index is 12.9. The molecule has 3 heterocycles. The van der Waals surface area contributed by atoms with E-state index in [2.05, 4.69) is 16.6 Å². The molecule has 11 atom stereocenters. The Morgan fingerprint density at radius 1 is 0.958 bits per heavy atom. The Bertz CT molecular complexity index is 1120. The highest BCUT2D eigenvalue weighted by molar-refractivity contribution is 5.69. The third kappa shape index (κ3) is 10.4. The Morgan fingerprint density at radius 2 is 1.69 bits per heavy atom. The lowest BCUT2D eigenvalue weighted by Gasteiger charge is -2.50. The SMILES string of the molecule is C=CCOC(=O)NC1C(O[C@@H]2OC(CO)[C@H](O)C(O)C2O)[C@@H]2OC(c3ccccc3)OCC2O[C@H]1OCCCCCCCCC(=O)OC. The first-order valence-electron chi connectivity index (χ1n) is 16.4. The molecule has 48 heavy (non-hydrogen) atoms. The number of nitrogens with one attached hydrogen (secondary N) is 1. The predicted molar refractivity (Wildman–Crippen MR) is 166 cm³/mol. The highest BCUT2D eigenvalue weighted by atomic mass is 16.8. The summed E-state index contributed by atoms with van der Waals surface area (Å²) in [4.78, 5) is 24.2. The molecular weight excluding hydrogens is 634 g/mol. The standard InChI is InChI=1S/C33H49NO14/c1-3-16-43-33(40)34-24-29(48-32-27(39)26(38)25(37)21(18-35)45-32)28-22(19-44-30(47-28)20-13-9-8-10-14-20)46-31(24)42-17-12-7-5-4-6-11-15-23(36)41-2/h3,8-10,13-14,21-22,24-32,35,37-39H,1,4-7,11-12,15-19H2,2H3,(H,34,40)/t21?,22?,24?,25-,26?,27?,28+,29?,30?,31+,32-/m0/s1. The van der Waals surface area contributed by atoms with Crippen LogP contribution in [0, 0.1) is 0 Å². The van der Waals surface area contributed by atoms with Crippen molar-refractivity contribution < 1.29 is 67.9 Å². The van der Waals surface area contributed by atoms with E-state index >= 15 is 0 Å². The first-order valence-corrected chi connectivity index (χ1v) is 16.4. The summed E-state index contributed by atoms with van der Waals surface area (Å²) in [5.41, 5.74) is 0.723. The van der Waals surface area contributed by atoms with Gasteiger partial charge in [0.25, 0.3) is 0 Å². The fourth-order valence-corrected chi connectivity index (χ4v) is 5.84. The van der Waals surface area contributed by atoms with Gasteiger partial charge in [-0.2, -0.15) is 0 Å². The van der Waals surface area contributed by atoms with E-state index in [1.165, 1.54) is 13.2 Å². The third-order valence-corrected chi connectivity index (χ3v) is 8.45. The summed E-state index contributed by atoms with van der Waals surface area (Å²) < 4.78 is 46.6. The molecule has 5 N–H and O–H groups in total. The predicted octanol–water partition coefficient (Wildman–Crippen LogP) is 1.21. The van der Waals surface area contributed by atoms with Crippen LogP contribution in [0.15, 0.2) is 43.0 Å². The largest absolute Gasteiger partial charge is 0.469 e. The lowest BCUT2D eigenvalue weighted by Crippen LogP contribution is -2.69. The maximum absolute atomic E-state index is 12.9. The molecule has 0 aliphatic carbocycles. The summed E-state index contributed by atoms with van der Waals surface area (Å²) in [7, 11) is 1.38. The van der Waals surface area contributed by atoms with Gasteiger partial charge in [-0.05, 0) is 12.8 Å². The zero-order valence-corrected chi connectivity index (χ0v) is 27.2. The van der Waals surface area contributed by atoms with Crippen molar-refractivity contribution in [1.29, 1.82) is 0 Å². The van der Waals surface area contributed by atoms with Crippen molar-refractivity contribution in [3.8, 4) is 0 Å². The number of carbonyl (C=O) groups excluding carboxylic acids is 2. The average molecular weight is 684 g/mol. The van der Waals surface area contributed by atoms with E-state index in [0.717, 1.165) is 37.7 Å². The molecule has 3 saturated heterocycles. The monoisotopic (exact) mass is 683 g/mol. The second kappa shape index (κ2) is 19.5. The lowest BCUT2D eigenvalue weighted by atomic mass is 9.94. The van der Waals surface area contributed by atoms with Gasteiger partial charge in [0.05, 0.1) is 20.3 Å².